The molecule has 0 unspecified atom stereocenters. The third kappa shape index (κ3) is 4.80. The average Bonchev–Trinajstić information content (AvgIpc) is 2.99. The summed E-state index contributed by atoms with van der Waals surface area (Å²) in [6.45, 7) is 3.98. The van der Waals surface area contributed by atoms with Gasteiger partial charge in [-0.3, -0.25) is 14.4 Å². The SMILES string of the molecule is Cc1ccc(NC(=O)c2ccc(NC3=C(Cl)C(=O)N(c4cc(Cl)cc(Cl)c4)C3=O)cc2)cc1C. The topological polar surface area (TPSA) is 78.5 Å². The van der Waals surface area contributed by atoms with Gasteiger partial charge in [0.15, 0.2) is 0 Å². The van der Waals surface area contributed by atoms with Crippen LogP contribution in [0.2, 0.25) is 10.0 Å². The second-order valence-corrected chi connectivity index (χ2v) is 8.97. The number of benzene rings is 3. The van der Waals surface area contributed by atoms with Gasteiger partial charge in [0.05, 0.1) is 5.69 Å². The average molecular weight is 515 g/mol. The minimum absolute atomic E-state index is 0.0879. The Morgan fingerprint density at radius 3 is 2.00 bits per heavy atom. The van der Waals surface area contributed by atoms with Gasteiger partial charge in [-0.05, 0) is 79.6 Å². The first-order valence-electron chi connectivity index (χ1n) is 10.1. The number of nitrogens with one attached hydrogen (secondary N) is 2. The van der Waals surface area contributed by atoms with Crippen LogP contribution in [-0.2, 0) is 9.59 Å². The Hall–Kier alpha value is -3.32. The van der Waals surface area contributed by atoms with Crippen molar-refractivity contribution in [2.45, 2.75) is 13.8 Å². The molecular weight excluding hydrogens is 497 g/mol. The van der Waals surface area contributed by atoms with Crippen LogP contribution in [0.15, 0.2) is 71.4 Å². The molecule has 0 spiro atoms. The largest absolute Gasteiger partial charge is 0.350 e. The maximum absolute atomic E-state index is 12.9. The van der Waals surface area contributed by atoms with Crippen LogP contribution in [0.25, 0.3) is 0 Å². The summed E-state index contributed by atoms with van der Waals surface area (Å²) < 4.78 is 0. The van der Waals surface area contributed by atoms with E-state index in [-0.39, 0.29) is 32.4 Å². The zero-order valence-corrected chi connectivity index (χ0v) is 20.3. The third-order valence-electron chi connectivity index (χ3n) is 5.31. The zero-order valence-electron chi connectivity index (χ0n) is 18.1. The van der Waals surface area contributed by atoms with E-state index in [9.17, 15) is 14.4 Å². The van der Waals surface area contributed by atoms with E-state index in [0.717, 1.165) is 16.0 Å². The lowest BCUT2D eigenvalue weighted by molar-refractivity contribution is -0.120. The molecule has 1 aliphatic heterocycles. The van der Waals surface area contributed by atoms with E-state index >= 15 is 0 Å². The van der Waals surface area contributed by atoms with Gasteiger partial charge in [-0.1, -0.05) is 40.9 Å². The van der Waals surface area contributed by atoms with E-state index in [0.29, 0.717) is 16.9 Å². The number of carbonyl (C=O) groups excluding carboxylic acids is 3. The number of hydrogen-bond acceptors (Lipinski definition) is 4. The van der Waals surface area contributed by atoms with Crippen molar-refractivity contribution in [3.63, 3.8) is 0 Å². The minimum Gasteiger partial charge on any atom is -0.350 e. The lowest BCUT2D eigenvalue weighted by atomic mass is 10.1. The van der Waals surface area contributed by atoms with Crippen LogP contribution in [-0.4, -0.2) is 17.7 Å². The molecule has 2 N–H and O–H groups in total. The maximum Gasteiger partial charge on any atom is 0.283 e. The van der Waals surface area contributed by atoms with Crippen LogP contribution < -0.4 is 15.5 Å². The van der Waals surface area contributed by atoms with Crippen molar-refractivity contribution < 1.29 is 14.4 Å². The summed E-state index contributed by atoms with van der Waals surface area (Å²) in [6, 6.07) is 16.5. The molecule has 1 aliphatic rings. The summed E-state index contributed by atoms with van der Waals surface area (Å²) in [4.78, 5) is 39.0. The lowest BCUT2D eigenvalue weighted by Gasteiger charge is -2.16. The molecule has 3 amide bonds. The maximum atomic E-state index is 12.9. The quantitative estimate of drug-likeness (QED) is 0.392. The molecule has 0 radical (unpaired) electrons. The number of rotatable bonds is 5. The molecule has 0 aliphatic carbocycles. The van der Waals surface area contributed by atoms with Crippen LogP contribution >= 0.6 is 34.8 Å². The molecule has 0 bridgehead atoms. The summed E-state index contributed by atoms with van der Waals surface area (Å²) >= 11 is 18.2. The van der Waals surface area contributed by atoms with Crippen LogP contribution in [0.3, 0.4) is 0 Å². The molecule has 34 heavy (non-hydrogen) atoms. The summed E-state index contributed by atoms with van der Waals surface area (Å²) in [5, 5.41) is 6.00. The number of hydrogen-bond donors (Lipinski definition) is 2. The first kappa shape index (κ1) is 23.8. The highest BCUT2D eigenvalue weighted by molar-refractivity contribution is 6.53. The van der Waals surface area contributed by atoms with Crippen LogP contribution in [0.1, 0.15) is 21.5 Å². The monoisotopic (exact) mass is 513 g/mol. The molecule has 1 heterocycles. The van der Waals surface area contributed by atoms with E-state index in [2.05, 4.69) is 10.6 Å². The number of imide groups is 1. The Balaban J connectivity index is 1.49. The molecular formula is C25H18Cl3N3O3. The van der Waals surface area contributed by atoms with Crippen molar-refractivity contribution in [3.8, 4) is 0 Å². The molecule has 4 rings (SSSR count). The van der Waals surface area contributed by atoms with Gasteiger partial charge in [-0.15, -0.1) is 0 Å². The first-order chi connectivity index (χ1) is 16.1. The summed E-state index contributed by atoms with van der Waals surface area (Å²) in [5.74, 6) is -1.62. The van der Waals surface area contributed by atoms with Crippen molar-refractivity contribution in [2.75, 3.05) is 15.5 Å². The fourth-order valence-electron chi connectivity index (χ4n) is 3.39. The van der Waals surface area contributed by atoms with E-state index in [1.54, 1.807) is 24.3 Å². The predicted octanol–water partition coefficient (Wildman–Crippen LogP) is 6.30. The minimum atomic E-state index is -0.697. The Kier molecular flexibility index (Phi) is 6.66. The van der Waals surface area contributed by atoms with Gasteiger partial charge in [-0.2, -0.15) is 0 Å². The molecule has 0 aromatic heterocycles. The highest BCUT2D eigenvalue weighted by Crippen LogP contribution is 2.33. The fraction of sp³-hybridized carbons (Fsp3) is 0.0800. The summed E-state index contributed by atoms with van der Waals surface area (Å²) in [5.41, 5.74) is 3.93. The van der Waals surface area contributed by atoms with Crippen molar-refractivity contribution in [1.82, 2.24) is 0 Å². The molecule has 0 atom stereocenters. The van der Waals surface area contributed by atoms with Gasteiger partial charge < -0.3 is 10.6 Å². The van der Waals surface area contributed by atoms with Crippen molar-refractivity contribution >= 4 is 69.6 Å². The zero-order chi connectivity index (χ0) is 24.6. The Morgan fingerprint density at radius 2 is 1.38 bits per heavy atom. The molecule has 3 aromatic rings. The normalized spacial score (nSPS) is 13.5. The molecule has 3 aromatic carbocycles. The number of amides is 3. The molecule has 0 fully saturated rings. The number of carbonyl (C=O) groups is 3. The van der Waals surface area contributed by atoms with Crippen LogP contribution in [0.5, 0.6) is 0 Å². The fourth-order valence-corrected chi connectivity index (χ4v) is 4.11. The van der Waals surface area contributed by atoms with Gasteiger partial charge in [0.25, 0.3) is 17.7 Å². The van der Waals surface area contributed by atoms with Crippen molar-refractivity contribution in [3.05, 3.63) is 98.1 Å². The van der Waals surface area contributed by atoms with Crippen LogP contribution in [0, 0.1) is 13.8 Å². The third-order valence-corrected chi connectivity index (χ3v) is 6.10. The standard InChI is InChI=1S/C25H18Cl3N3O3/c1-13-3-6-19(9-14(13)2)30-23(32)15-4-7-18(8-5-15)29-22-21(28)24(33)31(25(22)34)20-11-16(26)10-17(27)12-20/h3-12,29H,1-2H3,(H,30,32). The Morgan fingerprint density at radius 1 is 0.765 bits per heavy atom. The highest BCUT2D eigenvalue weighted by Gasteiger charge is 2.39. The Bertz CT molecular complexity index is 1350. The van der Waals surface area contributed by atoms with Gasteiger partial charge >= 0.3 is 0 Å². The highest BCUT2D eigenvalue weighted by atomic mass is 35.5. The lowest BCUT2D eigenvalue weighted by Crippen LogP contribution is -2.32. The Labute approximate surface area is 211 Å². The second kappa shape index (κ2) is 9.50. The predicted molar refractivity (Wildman–Crippen MR) is 136 cm³/mol. The van der Waals surface area contributed by atoms with Gasteiger partial charge in [0, 0.05) is 27.0 Å². The molecule has 0 saturated carbocycles. The first-order valence-corrected chi connectivity index (χ1v) is 11.3. The number of nitrogens with zero attached hydrogens (tertiary/aromatic N) is 1. The van der Waals surface area contributed by atoms with E-state index in [1.807, 2.05) is 32.0 Å². The summed E-state index contributed by atoms with van der Waals surface area (Å²) in [7, 11) is 0. The smallest absolute Gasteiger partial charge is 0.283 e. The van der Waals surface area contributed by atoms with E-state index in [1.165, 1.54) is 18.2 Å². The number of anilines is 3. The van der Waals surface area contributed by atoms with Gasteiger partial charge in [-0.25, -0.2) is 4.90 Å². The van der Waals surface area contributed by atoms with Gasteiger partial charge in [0.2, 0.25) is 0 Å². The molecule has 172 valence electrons. The second-order valence-electron chi connectivity index (χ2n) is 7.72. The van der Waals surface area contributed by atoms with Crippen molar-refractivity contribution in [2.24, 2.45) is 0 Å². The molecule has 9 heteroatoms. The summed E-state index contributed by atoms with van der Waals surface area (Å²) in [6.07, 6.45) is 0. The van der Waals surface area contributed by atoms with E-state index in [4.69, 9.17) is 34.8 Å². The number of aryl methyl sites for hydroxylation is 2. The van der Waals surface area contributed by atoms with E-state index < -0.39 is 11.8 Å². The van der Waals surface area contributed by atoms with Gasteiger partial charge in [0.1, 0.15) is 10.7 Å². The molecule has 0 saturated heterocycles. The van der Waals surface area contributed by atoms with Crippen molar-refractivity contribution in [1.29, 1.82) is 0 Å². The molecule has 6 nitrogen and oxygen atoms in total. The number of halogens is 3. The van der Waals surface area contributed by atoms with Crippen LogP contribution in [0.4, 0.5) is 17.1 Å².